The zero-order valence-corrected chi connectivity index (χ0v) is 24.8. The van der Waals surface area contributed by atoms with Gasteiger partial charge in [-0.25, -0.2) is 0 Å². The second kappa shape index (κ2) is 119. The third kappa shape index (κ3) is 242. The van der Waals surface area contributed by atoms with Crippen molar-refractivity contribution < 1.29 is 164 Å². The van der Waals surface area contributed by atoms with E-state index in [1.54, 1.807) is 35.3 Å². The van der Waals surface area contributed by atoms with Crippen LogP contribution in [-0.2, 0) is 68.3 Å². The normalized spacial score (nSPS) is 3.18. The Morgan fingerprint density at radius 1 is 0.353 bits per heavy atom. The zero-order chi connectivity index (χ0) is 8.12. The zero-order valence-electron chi connectivity index (χ0n) is 9.94. The molecule has 0 bridgehead atoms. The molecule has 0 aromatic rings. The van der Waals surface area contributed by atoms with E-state index in [4.69, 9.17) is 0 Å². The van der Waals surface area contributed by atoms with Crippen LogP contribution in [0.5, 0.6) is 0 Å². The minimum absolute atomic E-state index is 0. The van der Waals surface area contributed by atoms with Crippen molar-refractivity contribution in [3.05, 3.63) is 0 Å². The standard InChI is InChI=1S/3C2H6S.4Cu.4HI/c3*1-3-2;;;;;;;;/h3*1-2H3;;;;;4*1H/q;;;4*+1;;;;/p-4. The molecule has 0 aromatic heterocycles. The summed E-state index contributed by atoms with van der Waals surface area (Å²) in [5.41, 5.74) is 0. The molecule has 0 aliphatic rings. The molecule has 0 heterocycles. The second-order valence-electron chi connectivity index (χ2n) is 1.22. The van der Waals surface area contributed by atoms with Gasteiger partial charge in [-0.15, -0.1) is 0 Å². The third-order valence-electron chi connectivity index (χ3n) is 0. The van der Waals surface area contributed by atoms with Crippen LogP contribution in [0.15, 0.2) is 0 Å². The van der Waals surface area contributed by atoms with Crippen molar-refractivity contribution in [3.63, 3.8) is 0 Å². The Kier molecular flexibility index (Phi) is 542. The van der Waals surface area contributed by atoms with Crippen LogP contribution in [0.2, 0.25) is 0 Å². The van der Waals surface area contributed by atoms with Crippen LogP contribution in [0.1, 0.15) is 0 Å². The van der Waals surface area contributed by atoms with Gasteiger partial charge in [-0.3, -0.25) is 0 Å². The van der Waals surface area contributed by atoms with E-state index in [1.165, 1.54) is 0 Å². The van der Waals surface area contributed by atoms with Crippen LogP contribution in [0, 0.1) is 0 Å². The smallest absolute Gasteiger partial charge is 1.00 e. The second-order valence-corrected chi connectivity index (χ2v) is 3.67. The number of hydrogen-bond donors (Lipinski definition) is 0. The summed E-state index contributed by atoms with van der Waals surface area (Å²) in [6.07, 6.45) is 12.2. The molecule has 17 heavy (non-hydrogen) atoms. The van der Waals surface area contributed by atoms with E-state index in [9.17, 15) is 0 Å². The van der Waals surface area contributed by atoms with Crippen LogP contribution in [0.3, 0.4) is 0 Å². The third-order valence-corrected chi connectivity index (χ3v) is 0. The molecule has 0 rings (SSSR count). The number of hydrogen-bond acceptors (Lipinski definition) is 3. The summed E-state index contributed by atoms with van der Waals surface area (Å²) in [7, 11) is 0. The fraction of sp³-hybridized carbons (Fsp3) is 1.00. The van der Waals surface area contributed by atoms with E-state index in [0.717, 1.165) is 0 Å². The topological polar surface area (TPSA) is 0 Å². The minimum atomic E-state index is 0. The number of thioether (sulfide) groups is 3. The Balaban J connectivity index is -0.00000000286. The Labute approximate surface area is 232 Å². The van der Waals surface area contributed by atoms with E-state index < -0.39 is 0 Å². The summed E-state index contributed by atoms with van der Waals surface area (Å²) in [5.74, 6) is 0. The van der Waals surface area contributed by atoms with Crippen LogP contribution in [0.25, 0.3) is 0 Å². The average Bonchev–Trinajstić information content (AvgIpc) is 1.70. The fourth-order valence-electron chi connectivity index (χ4n) is 0. The molecule has 0 saturated heterocycles. The van der Waals surface area contributed by atoms with Gasteiger partial charge in [0.25, 0.3) is 0 Å². The molecule has 0 aromatic carbocycles. The largest absolute Gasteiger partial charge is 1.00 e. The maximum Gasteiger partial charge on any atom is 1.00 e. The predicted octanol–water partition coefficient (Wildman–Crippen LogP) is -9.06. The van der Waals surface area contributed by atoms with Crippen molar-refractivity contribution in [3.8, 4) is 0 Å². The van der Waals surface area contributed by atoms with Crippen molar-refractivity contribution in [1.82, 2.24) is 0 Å². The Bertz CT molecular complexity index is 38.0. The van der Waals surface area contributed by atoms with Crippen LogP contribution < -0.4 is 95.9 Å². The summed E-state index contributed by atoms with van der Waals surface area (Å²) in [4.78, 5) is 0. The van der Waals surface area contributed by atoms with Crippen LogP contribution in [0.4, 0.5) is 0 Å². The first kappa shape index (κ1) is 77.2. The first-order valence-corrected chi connectivity index (χ1v) is 7.35. The summed E-state index contributed by atoms with van der Waals surface area (Å²) in [5, 5.41) is 0. The number of halogens is 4. The van der Waals surface area contributed by atoms with Gasteiger partial charge in [0.05, 0.1) is 0 Å². The van der Waals surface area contributed by atoms with Gasteiger partial charge in [-0.1, -0.05) is 0 Å². The fourth-order valence-corrected chi connectivity index (χ4v) is 0. The molecule has 0 saturated carbocycles. The maximum absolute atomic E-state index is 2.04. The van der Waals surface area contributed by atoms with Gasteiger partial charge in [0.15, 0.2) is 0 Å². The molecule has 0 nitrogen and oxygen atoms in total. The van der Waals surface area contributed by atoms with Gasteiger partial charge in [-0.2, -0.15) is 35.3 Å². The quantitative estimate of drug-likeness (QED) is 0.175. The minimum Gasteiger partial charge on any atom is -1.00 e. The number of rotatable bonds is 0. The molecule has 0 spiro atoms. The maximum atomic E-state index is 2.04. The molecule has 132 valence electrons. The molecule has 0 atom stereocenters. The van der Waals surface area contributed by atoms with Crippen LogP contribution in [-0.4, -0.2) is 37.5 Å². The molecule has 0 amide bonds. The Hall–Kier alpha value is 6.05. The van der Waals surface area contributed by atoms with Crippen molar-refractivity contribution in [2.45, 2.75) is 0 Å². The molecule has 0 N–H and O–H groups in total. The van der Waals surface area contributed by atoms with Gasteiger partial charge < -0.3 is 95.9 Å². The summed E-state index contributed by atoms with van der Waals surface area (Å²) >= 11 is 5.25. The van der Waals surface area contributed by atoms with Crippen molar-refractivity contribution in [1.29, 1.82) is 0 Å². The Morgan fingerprint density at radius 2 is 0.353 bits per heavy atom. The molecule has 11 heteroatoms. The summed E-state index contributed by atoms with van der Waals surface area (Å²) < 4.78 is 0. The van der Waals surface area contributed by atoms with E-state index in [2.05, 4.69) is 0 Å². The average molecular weight is 948 g/mol. The van der Waals surface area contributed by atoms with E-state index in [0.29, 0.717) is 0 Å². The van der Waals surface area contributed by atoms with Crippen molar-refractivity contribution in [2.24, 2.45) is 0 Å². The van der Waals surface area contributed by atoms with Crippen molar-refractivity contribution in [2.75, 3.05) is 37.5 Å². The first-order valence-electron chi connectivity index (χ1n) is 2.45. The summed E-state index contributed by atoms with van der Waals surface area (Å²) in [6.45, 7) is 0. The molecular weight excluding hydrogens is 930 g/mol. The van der Waals surface area contributed by atoms with Gasteiger partial charge >= 0.3 is 68.3 Å². The molecule has 0 fully saturated rings. The SMILES string of the molecule is CSC.CSC.CSC.[Cu+].[Cu+].[Cu+].[Cu+].[I-].[I-].[I-].[I-]. The molecular formula is C6H18Cu4I4S3. The van der Waals surface area contributed by atoms with Crippen molar-refractivity contribution >= 4 is 35.3 Å². The summed E-state index contributed by atoms with van der Waals surface area (Å²) in [6, 6.07) is 0. The van der Waals surface area contributed by atoms with Gasteiger partial charge in [-0.05, 0) is 37.5 Å². The molecule has 0 radical (unpaired) electrons. The van der Waals surface area contributed by atoms with Gasteiger partial charge in [0.1, 0.15) is 0 Å². The van der Waals surface area contributed by atoms with E-state index in [-0.39, 0.29) is 164 Å². The molecule has 0 aliphatic carbocycles. The van der Waals surface area contributed by atoms with E-state index >= 15 is 0 Å². The Morgan fingerprint density at radius 3 is 0.353 bits per heavy atom. The molecule has 0 unspecified atom stereocenters. The van der Waals surface area contributed by atoms with Gasteiger partial charge in [0.2, 0.25) is 0 Å². The van der Waals surface area contributed by atoms with Crippen LogP contribution >= 0.6 is 35.3 Å². The van der Waals surface area contributed by atoms with Gasteiger partial charge in [0, 0.05) is 0 Å². The van der Waals surface area contributed by atoms with E-state index in [1.807, 2.05) is 37.5 Å². The molecule has 0 aliphatic heterocycles. The predicted molar refractivity (Wildman–Crippen MR) is 58.3 cm³/mol. The monoisotopic (exact) mass is 945 g/mol. The first-order chi connectivity index (χ1) is 4.24.